The zero-order chi connectivity index (χ0) is 13.8. The van der Waals surface area contributed by atoms with Crippen LogP contribution in [0.5, 0.6) is 11.5 Å². The van der Waals surface area contributed by atoms with Crippen molar-refractivity contribution in [3.63, 3.8) is 0 Å². The number of phenols is 1. The van der Waals surface area contributed by atoms with Gasteiger partial charge in [0.05, 0.1) is 11.6 Å². The second kappa shape index (κ2) is 6.59. The van der Waals surface area contributed by atoms with E-state index in [4.69, 9.17) is 4.74 Å². The first-order chi connectivity index (χ1) is 9.10. The molecule has 19 heavy (non-hydrogen) atoms. The first-order valence-electron chi connectivity index (χ1n) is 6.57. The van der Waals surface area contributed by atoms with Gasteiger partial charge in [-0.15, -0.1) is 0 Å². The molecule has 0 amide bonds. The molecule has 1 saturated heterocycles. The Morgan fingerprint density at radius 2 is 2.32 bits per heavy atom. The van der Waals surface area contributed by atoms with Gasteiger partial charge in [-0.05, 0) is 60.1 Å². The minimum absolute atomic E-state index is 0.156. The van der Waals surface area contributed by atoms with Crippen LogP contribution in [0.3, 0.4) is 0 Å². The maximum Gasteiger partial charge on any atom is 0.172 e. The van der Waals surface area contributed by atoms with Crippen molar-refractivity contribution in [2.75, 3.05) is 27.2 Å². The molecule has 1 aromatic rings. The molecule has 106 valence electrons. The number of halogens is 1. The molecular weight excluding hydrogens is 308 g/mol. The van der Waals surface area contributed by atoms with E-state index in [1.165, 1.54) is 19.4 Å². The number of likely N-dealkylation sites (tertiary alicyclic amines) is 1. The number of aromatic hydroxyl groups is 1. The van der Waals surface area contributed by atoms with Gasteiger partial charge in [-0.1, -0.05) is 0 Å². The minimum Gasteiger partial charge on any atom is -0.503 e. The number of likely N-dealkylation sites (N-methyl/N-ethyl adjacent to an activating group) is 1. The molecule has 4 nitrogen and oxygen atoms in total. The van der Waals surface area contributed by atoms with Crippen LogP contribution >= 0.6 is 15.9 Å². The number of ether oxygens (including phenoxy) is 1. The Kier molecular flexibility index (Phi) is 5.07. The van der Waals surface area contributed by atoms with Gasteiger partial charge in [-0.3, -0.25) is 0 Å². The maximum atomic E-state index is 9.77. The summed E-state index contributed by atoms with van der Waals surface area (Å²) in [5, 5.41) is 13.3. The predicted octanol–water partition coefficient (Wildman–Crippen LogP) is 2.35. The van der Waals surface area contributed by atoms with Gasteiger partial charge >= 0.3 is 0 Å². The topological polar surface area (TPSA) is 44.7 Å². The average molecular weight is 329 g/mol. The standard InChI is InChI=1S/C14H21BrN2O2/c1-17-5-3-4-11(9-17)16-8-10-6-12(15)14(18)13(7-10)19-2/h6-7,11,16,18H,3-5,8-9H2,1-2H3. The van der Waals surface area contributed by atoms with Crippen molar-refractivity contribution in [1.82, 2.24) is 10.2 Å². The van der Waals surface area contributed by atoms with Crippen molar-refractivity contribution in [2.24, 2.45) is 0 Å². The summed E-state index contributed by atoms with van der Waals surface area (Å²) in [6.45, 7) is 3.07. The van der Waals surface area contributed by atoms with E-state index in [-0.39, 0.29) is 5.75 Å². The third kappa shape index (κ3) is 3.84. The van der Waals surface area contributed by atoms with Crippen LogP contribution < -0.4 is 10.1 Å². The normalized spacial score (nSPS) is 20.5. The van der Waals surface area contributed by atoms with Gasteiger partial charge in [0.15, 0.2) is 11.5 Å². The summed E-state index contributed by atoms with van der Waals surface area (Å²) >= 11 is 3.35. The highest BCUT2D eigenvalue weighted by molar-refractivity contribution is 9.10. The van der Waals surface area contributed by atoms with E-state index < -0.39 is 0 Å². The summed E-state index contributed by atoms with van der Waals surface area (Å²) in [4.78, 5) is 2.36. The van der Waals surface area contributed by atoms with Crippen LogP contribution in [0, 0.1) is 0 Å². The number of rotatable bonds is 4. The molecule has 1 aliphatic rings. The van der Waals surface area contributed by atoms with Gasteiger partial charge in [0, 0.05) is 19.1 Å². The predicted molar refractivity (Wildman–Crippen MR) is 79.7 cm³/mol. The molecule has 5 heteroatoms. The molecule has 0 bridgehead atoms. The summed E-state index contributed by atoms with van der Waals surface area (Å²) in [5.41, 5.74) is 1.11. The molecule has 1 aromatic carbocycles. The Balaban J connectivity index is 1.97. The zero-order valence-corrected chi connectivity index (χ0v) is 13.0. The fraction of sp³-hybridized carbons (Fsp3) is 0.571. The number of nitrogens with one attached hydrogen (secondary N) is 1. The monoisotopic (exact) mass is 328 g/mol. The molecule has 0 saturated carbocycles. The van der Waals surface area contributed by atoms with Crippen molar-refractivity contribution in [3.05, 3.63) is 22.2 Å². The smallest absolute Gasteiger partial charge is 0.172 e. The maximum absolute atomic E-state index is 9.77. The molecule has 0 radical (unpaired) electrons. The third-order valence-corrected chi connectivity index (χ3v) is 4.13. The average Bonchev–Trinajstić information content (AvgIpc) is 2.40. The van der Waals surface area contributed by atoms with Crippen molar-refractivity contribution < 1.29 is 9.84 Å². The lowest BCUT2D eigenvalue weighted by molar-refractivity contribution is 0.226. The molecule has 1 heterocycles. The van der Waals surface area contributed by atoms with Crippen LogP contribution in [-0.4, -0.2) is 43.3 Å². The van der Waals surface area contributed by atoms with Gasteiger partial charge in [0.25, 0.3) is 0 Å². The van der Waals surface area contributed by atoms with Crippen molar-refractivity contribution in [3.8, 4) is 11.5 Å². The van der Waals surface area contributed by atoms with Gasteiger partial charge < -0.3 is 20.1 Å². The van der Waals surface area contributed by atoms with Crippen LogP contribution in [-0.2, 0) is 6.54 Å². The van der Waals surface area contributed by atoms with E-state index in [1.54, 1.807) is 7.11 Å². The van der Waals surface area contributed by atoms with E-state index in [9.17, 15) is 5.11 Å². The van der Waals surface area contributed by atoms with Crippen LogP contribution in [0.25, 0.3) is 0 Å². The highest BCUT2D eigenvalue weighted by atomic mass is 79.9. The third-order valence-electron chi connectivity index (χ3n) is 3.53. The van der Waals surface area contributed by atoms with E-state index >= 15 is 0 Å². The molecule has 2 N–H and O–H groups in total. The number of benzene rings is 1. The number of hydrogen-bond donors (Lipinski definition) is 2. The van der Waals surface area contributed by atoms with E-state index in [0.29, 0.717) is 16.3 Å². The van der Waals surface area contributed by atoms with Crippen LogP contribution in [0.4, 0.5) is 0 Å². The molecule has 0 spiro atoms. The van der Waals surface area contributed by atoms with E-state index in [0.717, 1.165) is 18.7 Å². The lowest BCUT2D eigenvalue weighted by atomic mass is 10.1. The number of nitrogens with zero attached hydrogens (tertiary/aromatic N) is 1. The first kappa shape index (κ1) is 14.6. The van der Waals surface area contributed by atoms with Crippen molar-refractivity contribution in [2.45, 2.75) is 25.4 Å². The Hall–Kier alpha value is -0.780. The van der Waals surface area contributed by atoms with Crippen LogP contribution in [0.2, 0.25) is 0 Å². The Bertz CT molecular complexity index is 440. The second-order valence-electron chi connectivity index (χ2n) is 5.11. The lowest BCUT2D eigenvalue weighted by Gasteiger charge is -2.30. The Labute approximate surface area is 122 Å². The van der Waals surface area contributed by atoms with Gasteiger partial charge in [0.1, 0.15) is 0 Å². The summed E-state index contributed by atoms with van der Waals surface area (Å²) < 4.78 is 5.83. The van der Waals surface area contributed by atoms with Crippen LogP contribution in [0.1, 0.15) is 18.4 Å². The van der Waals surface area contributed by atoms with Crippen molar-refractivity contribution in [1.29, 1.82) is 0 Å². The van der Waals surface area contributed by atoms with Gasteiger partial charge in [-0.2, -0.15) is 0 Å². The minimum atomic E-state index is 0.156. The number of phenolic OH excluding ortho intramolecular Hbond substituents is 1. The fourth-order valence-corrected chi connectivity index (χ4v) is 2.97. The molecule has 0 aromatic heterocycles. The van der Waals surface area contributed by atoms with Crippen LogP contribution in [0.15, 0.2) is 16.6 Å². The summed E-state index contributed by atoms with van der Waals surface area (Å²) in [6.07, 6.45) is 2.47. The summed E-state index contributed by atoms with van der Waals surface area (Å²) in [5.74, 6) is 0.663. The largest absolute Gasteiger partial charge is 0.503 e. The molecule has 0 aliphatic carbocycles. The SMILES string of the molecule is COc1cc(CNC2CCCN(C)C2)cc(Br)c1O. The molecule has 1 unspecified atom stereocenters. The number of piperidine rings is 1. The van der Waals surface area contributed by atoms with Crippen molar-refractivity contribution >= 4 is 15.9 Å². The lowest BCUT2D eigenvalue weighted by Crippen LogP contribution is -2.43. The van der Waals surface area contributed by atoms with Gasteiger partial charge in [0.2, 0.25) is 0 Å². The first-order valence-corrected chi connectivity index (χ1v) is 7.36. The fourth-order valence-electron chi connectivity index (χ4n) is 2.48. The number of hydrogen-bond acceptors (Lipinski definition) is 4. The highest BCUT2D eigenvalue weighted by Gasteiger charge is 2.16. The number of methoxy groups -OCH3 is 1. The molecule has 1 aliphatic heterocycles. The zero-order valence-electron chi connectivity index (χ0n) is 11.4. The summed E-state index contributed by atoms with van der Waals surface area (Å²) in [7, 11) is 3.73. The summed E-state index contributed by atoms with van der Waals surface area (Å²) in [6, 6.07) is 4.34. The Morgan fingerprint density at radius 1 is 1.53 bits per heavy atom. The second-order valence-corrected chi connectivity index (χ2v) is 5.97. The Morgan fingerprint density at radius 3 is 3.00 bits per heavy atom. The van der Waals surface area contributed by atoms with E-state index in [2.05, 4.69) is 33.2 Å². The molecule has 1 fully saturated rings. The van der Waals surface area contributed by atoms with Gasteiger partial charge in [-0.25, -0.2) is 0 Å². The molecular formula is C14H21BrN2O2. The quantitative estimate of drug-likeness (QED) is 0.890. The molecule has 2 rings (SSSR count). The highest BCUT2D eigenvalue weighted by Crippen LogP contribution is 2.35. The molecule has 1 atom stereocenters. The van der Waals surface area contributed by atoms with E-state index in [1.807, 2.05) is 12.1 Å².